The van der Waals surface area contributed by atoms with Crippen LogP contribution in [0.4, 0.5) is 11.6 Å². The first-order valence-corrected chi connectivity index (χ1v) is 9.49. The number of amides is 1. The average Bonchev–Trinajstić information content (AvgIpc) is 3.21. The molecule has 2 heterocycles. The Labute approximate surface area is 169 Å². The average molecular weight is 390 g/mol. The van der Waals surface area contributed by atoms with Gasteiger partial charge in [0.2, 0.25) is 12.7 Å². The molecule has 4 rings (SSSR count). The summed E-state index contributed by atoms with van der Waals surface area (Å²) in [6, 6.07) is 13.3. The molecule has 0 saturated heterocycles. The summed E-state index contributed by atoms with van der Waals surface area (Å²) in [7, 11) is 0. The number of ether oxygens (including phenoxy) is 2. The largest absolute Gasteiger partial charge is 0.454 e. The number of benzene rings is 2. The fourth-order valence-electron chi connectivity index (χ4n) is 3.18. The Hall–Kier alpha value is -3.61. The molecule has 0 fully saturated rings. The Morgan fingerprint density at radius 1 is 1.14 bits per heavy atom. The second-order valence-electron chi connectivity index (χ2n) is 6.72. The van der Waals surface area contributed by atoms with E-state index in [9.17, 15) is 4.79 Å². The summed E-state index contributed by atoms with van der Waals surface area (Å²) in [6.45, 7) is 4.72. The van der Waals surface area contributed by atoms with E-state index >= 15 is 0 Å². The maximum absolute atomic E-state index is 12.6. The van der Waals surface area contributed by atoms with Gasteiger partial charge in [0.25, 0.3) is 5.91 Å². The third-order valence-electron chi connectivity index (χ3n) is 4.76. The topological polar surface area (TPSA) is 85.4 Å². The van der Waals surface area contributed by atoms with E-state index in [1.807, 2.05) is 37.3 Å². The molecule has 1 aromatic heterocycles. The number of aromatic nitrogens is 2. The van der Waals surface area contributed by atoms with Crippen LogP contribution < -0.4 is 20.1 Å². The van der Waals surface area contributed by atoms with Crippen molar-refractivity contribution < 1.29 is 14.3 Å². The van der Waals surface area contributed by atoms with Crippen LogP contribution in [0.15, 0.2) is 48.7 Å². The van der Waals surface area contributed by atoms with Gasteiger partial charge in [-0.15, -0.1) is 0 Å². The van der Waals surface area contributed by atoms with Gasteiger partial charge in [-0.05, 0) is 48.2 Å². The highest BCUT2D eigenvalue weighted by molar-refractivity contribution is 5.92. The minimum atomic E-state index is -0.270. The van der Waals surface area contributed by atoms with Gasteiger partial charge in [0.1, 0.15) is 5.69 Å². The van der Waals surface area contributed by atoms with E-state index in [0.717, 1.165) is 23.2 Å². The molecule has 2 N–H and O–H groups in total. The molecule has 0 spiro atoms. The lowest BCUT2D eigenvalue weighted by atomic mass is 10.1. The van der Waals surface area contributed by atoms with E-state index in [4.69, 9.17) is 9.47 Å². The van der Waals surface area contributed by atoms with Crippen molar-refractivity contribution in [3.63, 3.8) is 0 Å². The fourth-order valence-corrected chi connectivity index (χ4v) is 3.18. The number of para-hydroxylation sites is 1. The van der Waals surface area contributed by atoms with Crippen molar-refractivity contribution >= 4 is 17.5 Å². The summed E-state index contributed by atoms with van der Waals surface area (Å²) < 4.78 is 10.7. The third-order valence-corrected chi connectivity index (χ3v) is 4.76. The summed E-state index contributed by atoms with van der Waals surface area (Å²) in [4.78, 5) is 21.2. The SMILES string of the molecule is CCc1cccc(C)c1Nc1nccc(C(=O)NCc2ccc3c(c2)OCO3)n1. The zero-order valence-electron chi connectivity index (χ0n) is 16.4. The van der Waals surface area contributed by atoms with Crippen LogP contribution in [0.25, 0.3) is 0 Å². The number of nitrogens with one attached hydrogen (secondary N) is 2. The molecular weight excluding hydrogens is 368 g/mol. The lowest BCUT2D eigenvalue weighted by Crippen LogP contribution is -2.24. The molecule has 7 nitrogen and oxygen atoms in total. The second kappa shape index (κ2) is 8.18. The second-order valence-corrected chi connectivity index (χ2v) is 6.72. The molecule has 1 amide bonds. The number of anilines is 2. The highest BCUT2D eigenvalue weighted by atomic mass is 16.7. The number of carbonyl (C=O) groups excluding carboxylic acids is 1. The van der Waals surface area contributed by atoms with Gasteiger partial charge >= 0.3 is 0 Å². The van der Waals surface area contributed by atoms with Crippen LogP contribution >= 0.6 is 0 Å². The first-order chi connectivity index (χ1) is 14.1. The summed E-state index contributed by atoms with van der Waals surface area (Å²) in [5.74, 6) is 1.53. The van der Waals surface area contributed by atoms with Gasteiger partial charge in [-0.2, -0.15) is 0 Å². The Morgan fingerprint density at radius 2 is 2.00 bits per heavy atom. The normalized spacial score (nSPS) is 11.9. The van der Waals surface area contributed by atoms with Crippen LogP contribution in [0.3, 0.4) is 0 Å². The van der Waals surface area contributed by atoms with E-state index in [0.29, 0.717) is 29.7 Å². The number of hydrogen-bond acceptors (Lipinski definition) is 6. The van der Waals surface area contributed by atoms with E-state index in [1.165, 1.54) is 5.56 Å². The molecule has 0 atom stereocenters. The van der Waals surface area contributed by atoms with Crippen LogP contribution in [0.2, 0.25) is 0 Å². The van der Waals surface area contributed by atoms with Gasteiger partial charge < -0.3 is 20.1 Å². The van der Waals surface area contributed by atoms with E-state index in [1.54, 1.807) is 12.3 Å². The summed E-state index contributed by atoms with van der Waals surface area (Å²) in [5.41, 5.74) is 4.47. The Bertz CT molecular complexity index is 1050. The maximum Gasteiger partial charge on any atom is 0.270 e. The lowest BCUT2D eigenvalue weighted by Gasteiger charge is -2.13. The van der Waals surface area contributed by atoms with Crippen LogP contribution in [0.5, 0.6) is 11.5 Å². The molecule has 2 aromatic carbocycles. The standard InChI is InChI=1S/C22H22N4O3/c1-3-16-6-4-5-14(2)20(16)26-22-23-10-9-17(25-22)21(27)24-12-15-7-8-18-19(11-15)29-13-28-18/h4-11H,3,12-13H2,1-2H3,(H,24,27)(H,23,25,26). The van der Waals surface area contributed by atoms with Gasteiger partial charge in [0.05, 0.1) is 0 Å². The molecule has 1 aliphatic heterocycles. The van der Waals surface area contributed by atoms with Crippen molar-refractivity contribution in [2.24, 2.45) is 0 Å². The van der Waals surface area contributed by atoms with E-state index < -0.39 is 0 Å². The minimum absolute atomic E-state index is 0.225. The minimum Gasteiger partial charge on any atom is -0.454 e. The first kappa shape index (κ1) is 18.7. The van der Waals surface area contributed by atoms with Crippen LogP contribution in [0.1, 0.15) is 34.1 Å². The molecule has 148 valence electrons. The van der Waals surface area contributed by atoms with Crippen LogP contribution in [-0.2, 0) is 13.0 Å². The Balaban J connectivity index is 1.45. The molecule has 0 unspecified atom stereocenters. The first-order valence-electron chi connectivity index (χ1n) is 9.49. The lowest BCUT2D eigenvalue weighted by molar-refractivity contribution is 0.0946. The molecule has 29 heavy (non-hydrogen) atoms. The predicted molar refractivity (Wildman–Crippen MR) is 110 cm³/mol. The van der Waals surface area contributed by atoms with Crippen molar-refractivity contribution in [1.82, 2.24) is 15.3 Å². The highest BCUT2D eigenvalue weighted by Gasteiger charge is 2.14. The number of aryl methyl sites for hydroxylation is 2. The van der Waals surface area contributed by atoms with Crippen LogP contribution in [0, 0.1) is 6.92 Å². The molecule has 0 aliphatic carbocycles. The van der Waals surface area contributed by atoms with Gasteiger partial charge in [0, 0.05) is 18.4 Å². The number of rotatable bonds is 6. The third kappa shape index (κ3) is 4.13. The molecule has 0 radical (unpaired) electrons. The van der Waals surface area contributed by atoms with Gasteiger partial charge in [-0.1, -0.05) is 31.2 Å². The Kier molecular flexibility index (Phi) is 5.29. The number of hydrogen-bond donors (Lipinski definition) is 2. The smallest absolute Gasteiger partial charge is 0.270 e. The summed E-state index contributed by atoms with van der Waals surface area (Å²) in [6.07, 6.45) is 2.47. The monoisotopic (exact) mass is 390 g/mol. The van der Waals surface area contributed by atoms with Crippen molar-refractivity contribution in [2.45, 2.75) is 26.8 Å². The van der Waals surface area contributed by atoms with Crippen molar-refractivity contribution in [3.05, 3.63) is 71.0 Å². The highest BCUT2D eigenvalue weighted by Crippen LogP contribution is 2.32. The van der Waals surface area contributed by atoms with Crippen molar-refractivity contribution in [1.29, 1.82) is 0 Å². The van der Waals surface area contributed by atoms with Crippen LogP contribution in [-0.4, -0.2) is 22.7 Å². The van der Waals surface area contributed by atoms with E-state index in [2.05, 4.69) is 33.6 Å². The molecule has 0 saturated carbocycles. The summed E-state index contributed by atoms with van der Waals surface area (Å²) in [5, 5.41) is 6.13. The molecule has 1 aliphatic rings. The van der Waals surface area contributed by atoms with E-state index in [-0.39, 0.29) is 12.7 Å². The maximum atomic E-state index is 12.6. The van der Waals surface area contributed by atoms with Crippen molar-refractivity contribution in [3.8, 4) is 11.5 Å². The number of fused-ring (bicyclic) bond motifs is 1. The predicted octanol–water partition coefficient (Wildman–Crippen LogP) is 3.75. The zero-order chi connectivity index (χ0) is 20.2. The molecule has 3 aromatic rings. The molecule has 0 bridgehead atoms. The molecule has 7 heteroatoms. The number of carbonyl (C=O) groups is 1. The fraction of sp³-hybridized carbons (Fsp3) is 0.227. The Morgan fingerprint density at radius 3 is 2.86 bits per heavy atom. The van der Waals surface area contributed by atoms with Gasteiger partial charge in [0.15, 0.2) is 11.5 Å². The van der Waals surface area contributed by atoms with Crippen molar-refractivity contribution in [2.75, 3.05) is 12.1 Å². The zero-order valence-corrected chi connectivity index (χ0v) is 16.4. The quantitative estimate of drug-likeness (QED) is 0.667. The van der Waals surface area contributed by atoms with Gasteiger partial charge in [-0.3, -0.25) is 4.79 Å². The van der Waals surface area contributed by atoms with Gasteiger partial charge in [-0.25, -0.2) is 9.97 Å². The summed E-state index contributed by atoms with van der Waals surface area (Å²) >= 11 is 0. The molecular formula is C22H22N4O3. The number of nitrogens with zero attached hydrogens (tertiary/aromatic N) is 2.